The second-order valence-corrected chi connectivity index (χ2v) is 3.87. The van der Waals surface area contributed by atoms with Gasteiger partial charge in [-0.2, -0.15) is 0 Å². The second-order valence-electron chi connectivity index (χ2n) is 3.87. The van der Waals surface area contributed by atoms with Crippen molar-refractivity contribution in [2.24, 2.45) is 28.9 Å². The van der Waals surface area contributed by atoms with E-state index in [1.54, 1.807) is 0 Å². The third-order valence-electron chi connectivity index (χ3n) is 2.61. The molecule has 4 atom stereocenters. The molecule has 6 heteroatoms. The van der Waals surface area contributed by atoms with Crippen LogP contribution in [0.4, 0.5) is 0 Å². The van der Waals surface area contributed by atoms with Crippen LogP contribution in [0.25, 0.3) is 0 Å². The first-order valence-corrected chi connectivity index (χ1v) is 5.30. The van der Waals surface area contributed by atoms with Crippen molar-refractivity contribution in [1.29, 1.82) is 0 Å². The second kappa shape index (κ2) is 7.98. The Morgan fingerprint density at radius 2 is 1.53 bits per heavy atom. The SMILES string of the molecule is NCC(O)CCCC(N)C(CN)C(N)O. The highest BCUT2D eigenvalue weighted by Crippen LogP contribution is 2.10. The number of nitrogens with two attached hydrogens (primary N) is 4. The molecule has 0 saturated carbocycles. The number of rotatable bonds is 8. The van der Waals surface area contributed by atoms with Gasteiger partial charge in [-0.05, 0) is 19.3 Å². The van der Waals surface area contributed by atoms with Crippen LogP contribution in [0.1, 0.15) is 19.3 Å². The van der Waals surface area contributed by atoms with Gasteiger partial charge in [0, 0.05) is 25.0 Å². The molecule has 0 saturated heterocycles. The molecular formula is C9H24N4O2. The highest BCUT2D eigenvalue weighted by Gasteiger charge is 2.21. The molecule has 4 unspecified atom stereocenters. The van der Waals surface area contributed by atoms with Gasteiger partial charge >= 0.3 is 0 Å². The molecule has 0 aliphatic heterocycles. The zero-order chi connectivity index (χ0) is 11.8. The standard InChI is InChI=1S/C9H24N4O2/c10-4-6(14)2-1-3-8(12)7(5-11)9(13)15/h6-9,14-15H,1-5,10-13H2. The summed E-state index contributed by atoms with van der Waals surface area (Å²) < 4.78 is 0. The fraction of sp³-hybridized carbons (Fsp3) is 1.00. The van der Waals surface area contributed by atoms with Crippen molar-refractivity contribution < 1.29 is 10.2 Å². The van der Waals surface area contributed by atoms with Crippen LogP contribution in [0.2, 0.25) is 0 Å². The van der Waals surface area contributed by atoms with E-state index in [-0.39, 0.29) is 25.0 Å². The maximum absolute atomic E-state index is 9.21. The smallest absolute Gasteiger partial charge is 0.107 e. The third kappa shape index (κ3) is 6.03. The number of hydrogen-bond donors (Lipinski definition) is 6. The molecule has 0 heterocycles. The summed E-state index contributed by atoms with van der Waals surface area (Å²) in [6.45, 7) is 0.521. The molecule has 10 N–H and O–H groups in total. The summed E-state index contributed by atoms with van der Waals surface area (Å²) in [7, 11) is 0. The quantitative estimate of drug-likeness (QED) is 0.253. The van der Waals surface area contributed by atoms with Crippen molar-refractivity contribution in [2.45, 2.75) is 37.6 Å². The Hall–Kier alpha value is -0.240. The van der Waals surface area contributed by atoms with E-state index < -0.39 is 12.3 Å². The molecule has 0 amide bonds. The minimum Gasteiger partial charge on any atom is -0.392 e. The monoisotopic (exact) mass is 220 g/mol. The highest BCUT2D eigenvalue weighted by molar-refractivity contribution is 4.77. The van der Waals surface area contributed by atoms with E-state index in [0.29, 0.717) is 12.8 Å². The summed E-state index contributed by atoms with van der Waals surface area (Å²) >= 11 is 0. The molecule has 0 rings (SSSR count). The number of hydrogen-bond acceptors (Lipinski definition) is 6. The van der Waals surface area contributed by atoms with Crippen molar-refractivity contribution in [1.82, 2.24) is 0 Å². The largest absolute Gasteiger partial charge is 0.392 e. The third-order valence-corrected chi connectivity index (χ3v) is 2.61. The van der Waals surface area contributed by atoms with E-state index in [1.807, 2.05) is 0 Å². The first kappa shape index (κ1) is 14.8. The lowest BCUT2D eigenvalue weighted by atomic mass is 9.94. The zero-order valence-electron chi connectivity index (χ0n) is 9.05. The van der Waals surface area contributed by atoms with Gasteiger partial charge in [0.05, 0.1) is 6.10 Å². The van der Waals surface area contributed by atoms with Crippen molar-refractivity contribution in [3.63, 3.8) is 0 Å². The van der Waals surface area contributed by atoms with E-state index in [4.69, 9.17) is 22.9 Å². The Labute approximate surface area is 90.6 Å². The average Bonchev–Trinajstić information content (AvgIpc) is 2.17. The van der Waals surface area contributed by atoms with E-state index in [0.717, 1.165) is 6.42 Å². The first-order valence-electron chi connectivity index (χ1n) is 5.30. The lowest BCUT2D eigenvalue weighted by Crippen LogP contribution is -2.46. The van der Waals surface area contributed by atoms with Crippen molar-refractivity contribution in [3.8, 4) is 0 Å². The minimum atomic E-state index is -0.982. The van der Waals surface area contributed by atoms with E-state index >= 15 is 0 Å². The Balaban J connectivity index is 3.76. The van der Waals surface area contributed by atoms with Crippen LogP contribution in [-0.2, 0) is 0 Å². The van der Waals surface area contributed by atoms with Gasteiger partial charge in [0.1, 0.15) is 6.23 Å². The molecule has 6 nitrogen and oxygen atoms in total. The van der Waals surface area contributed by atoms with E-state index in [2.05, 4.69) is 0 Å². The fourth-order valence-corrected chi connectivity index (χ4v) is 1.49. The maximum Gasteiger partial charge on any atom is 0.107 e. The van der Waals surface area contributed by atoms with Crippen LogP contribution in [0, 0.1) is 5.92 Å². The molecule has 0 spiro atoms. The zero-order valence-corrected chi connectivity index (χ0v) is 9.05. The Bertz CT molecular complexity index is 157. The number of aliphatic hydroxyl groups excluding tert-OH is 2. The predicted octanol–water partition coefficient (Wildman–Crippen LogP) is -2.34. The van der Waals surface area contributed by atoms with Gasteiger partial charge in [-0.3, -0.25) is 0 Å². The Morgan fingerprint density at radius 3 is 1.93 bits per heavy atom. The summed E-state index contributed by atoms with van der Waals surface area (Å²) in [5.41, 5.74) is 21.9. The molecule has 0 bridgehead atoms. The van der Waals surface area contributed by atoms with Crippen LogP contribution in [0.15, 0.2) is 0 Å². The lowest BCUT2D eigenvalue weighted by molar-refractivity contribution is 0.0983. The highest BCUT2D eigenvalue weighted by atomic mass is 16.3. The van der Waals surface area contributed by atoms with Gasteiger partial charge in [-0.1, -0.05) is 0 Å². The molecule has 15 heavy (non-hydrogen) atoms. The van der Waals surface area contributed by atoms with Crippen LogP contribution in [0.3, 0.4) is 0 Å². The average molecular weight is 220 g/mol. The topological polar surface area (TPSA) is 145 Å². The van der Waals surface area contributed by atoms with Crippen LogP contribution in [0.5, 0.6) is 0 Å². The summed E-state index contributed by atoms with van der Waals surface area (Å²) in [5, 5.41) is 18.4. The van der Waals surface area contributed by atoms with E-state index in [9.17, 15) is 10.2 Å². The normalized spacial score (nSPS) is 19.6. The summed E-state index contributed by atoms with van der Waals surface area (Å²) in [4.78, 5) is 0. The fourth-order valence-electron chi connectivity index (χ4n) is 1.49. The number of aliphatic hydroxyl groups is 2. The van der Waals surface area contributed by atoms with Crippen LogP contribution in [-0.4, -0.2) is 41.7 Å². The van der Waals surface area contributed by atoms with Gasteiger partial charge < -0.3 is 33.1 Å². The summed E-state index contributed by atoms with van der Waals surface area (Å²) in [6, 6.07) is -0.236. The molecular weight excluding hydrogens is 196 g/mol. The van der Waals surface area contributed by atoms with Gasteiger partial charge in [0.25, 0.3) is 0 Å². The van der Waals surface area contributed by atoms with Crippen molar-refractivity contribution >= 4 is 0 Å². The van der Waals surface area contributed by atoms with Crippen LogP contribution < -0.4 is 22.9 Å². The molecule has 92 valence electrons. The van der Waals surface area contributed by atoms with E-state index in [1.165, 1.54) is 0 Å². The van der Waals surface area contributed by atoms with Crippen molar-refractivity contribution in [3.05, 3.63) is 0 Å². The van der Waals surface area contributed by atoms with Crippen molar-refractivity contribution in [2.75, 3.05) is 13.1 Å². The van der Waals surface area contributed by atoms with Gasteiger partial charge in [0.2, 0.25) is 0 Å². The Morgan fingerprint density at radius 1 is 0.933 bits per heavy atom. The minimum absolute atomic E-state index is 0.236. The van der Waals surface area contributed by atoms with Crippen LogP contribution >= 0.6 is 0 Å². The molecule has 0 fully saturated rings. The maximum atomic E-state index is 9.21. The lowest BCUT2D eigenvalue weighted by Gasteiger charge is -2.24. The van der Waals surface area contributed by atoms with Gasteiger partial charge in [-0.25, -0.2) is 0 Å². The molecule has 0 aliphatic carbocycles. The molecule has 0 aromatic heterocycles. The molecule has 0 aromatic carbocycles. The summed E-state index contributed by atoms with van der Waals surface area (Å²) in [6.07, 6.45) is 0.582. The summed E-state index contributed by atoms with van der Waals surface area (Å²) in [5.74, 6) is -0.292. The molecule has 0 aromatic rings. The molecule has 0 radical (unpaired) electrons. The molecule has 0 aliphatic rings. The first-order chi connectivity index (χ1) is 7.02. The van der Waals surface area contributed by atoms with Gasteiger partial charge in [0.15, 0.2) is 0 Å². The Kier molecular flexibility index (Phi) is 7.85. The van der Waals surface area contributed by atoms with Gasteiger partial charge in [-0.15, -0.1) is 0 Å². The predicted molar refractivity (Wildman–Crippen MR) is 59.6 cm³/mol.